The molecule has 0 aromatic carbocycles. The molecule has 0 aromatic heterocycles. The first-order chi connectivity index (χ1) is 21.6. The van der Waals surface area contributed by atoms with Gasteiger partial charge in [-0.25, -0.2) is 0 Å². The van der Waals surface area contributed by atoms with E-state index >= 15 is 0 Å². The van der Waals surface area contributed by atoms with E-state index in [0.29, 0.717) is 12.8 Å². The molecule has 0 amide bonds. The lowest BCUT2D eigenvalue weighted by Gasteiger charge is -2.18. The lowest BCUT2D eigenvalue weighted by Crippen LogP contribution is -2.18. The Morgan fingerprint density at radius 3 is 1.05 bits per heavy atom. The number of esters is 1. The third-order valence-electron chi connectivity index (χ3n) is 9.33. The predicted molar refractivity (Wildman–Crippen MR) is 190 cm³/mol. The van der Waals surface area contributed by atoms with Crippen LogP contribution in [-0.4, -0.2) is 23.1 Å². The number of carboxylic acids is 1. The van der Waals surface area contributed by atoms with Gasteiger partial charge in [0.25, 0.3) is 0 Å². The number of hydrogen-bond acceptors (Lipinski definition) is 3. The fraction of sp³-hybridized carbons (Fsp3) is 0.950. The number of carbonyl (C=O) groups is 2. The Morgan fingerprint density at radius 2 is 0.682 bits per heavy atom. The highest BCUT2D eigenvalue weighted by molar-refractivity contribution is 5.69. The Kier molecular flexibility index (Phi) is 35.5. The van der Waals surface area contributed by atoms with Crippen LogP contribution in [0.25, 0.3) is 0 Å². The van der Waals surface area contributed by atoms with E-state index in [2.05, 4.69) is 13.8 Å². The van der Waals surface area contributed by atoms with Crippen LogP contribution >= 0.6 is 0 Å². The molecule has 0 spiro atoms. The van der Waals surface area contributed by atoms with Gasteiger partial charge in [-0.1, -0.05) is 187 Å². The minimum absolute atomic E-state index is 0.0290. The lowest BCUT2D eigenvalue weighted by molar-refractivity contribution is -0.150. The van der Waals surface area contributed by atoms with Crippen molar-refractivity contribution in [2.24, 2.45) is 0 Å². The van der Waals surface area contributed by atoms with E-state index in [1.54, 1.807) is 0 Å². The van der Waals surface area contributed by atoms with Crippen LogP contribution in [0, 0.1) is 0 Å². The van der Waals surface area contributed by atoms with Crippen molar-refractivity contribution in [2.45, 2.75) is 245 Å². The summed E-state index contributed by atoms with van der Waals surface area (Å²) >= 11 is 0. The maximum Gasteiger partial charge on any atom is 0.306 e. The maximum absolute atomic E-state index is 12.5. The SMILES string of the molecule is CCCCCCCCCCCCCCCCCCCCCC(=O)OC(CCCCC)CCCCCCCCCCCC(=O)O. The number of carboxylic acid groups (broad SMARTS) is 1. The zero-order valence-electron chi connectivity index (χ0n) is 30.0. The number of unbranched alkanes of at least 4 members (excludes halogenated alkanes) is 28. The zero-order valence-corrected chi connectivity index (χ0v) is 30.0. The summed E-state index contributed by atoms with van der Waals surface area (Å²) in [5.41, 5.74) is 0. The second-order valence-corrected chi connectivity index (χ2v) is 13.8. The molecule has 44 heavy (non-hydrogen) atoms. The third-order valence-corrected chi connectivity index (χ3v) is 9.33. The van der Waals surface area contributed by atoms with Crippen molar-refractivity contribution in [3.8, 4) is 0 Å². The quantitative estimate of drug-likeness (QED) is 0.0553. The molecule has 0 bridgehead atoms. The van der Waals surface area contributed by atoms with Crippen LogP contribution in [0.4, 0.5) is 0 Å². The lowest BCUT2D eigenvalue weighted by atomic mass is 10.0. The van der Waals surface area contributed by atoms with Gasteiger partial charge in [-0.3, -0.25) is 9.59 Å². The smallest absolute Gasteiger partial charge is 0.306 e. The summed E-state index contributed by atoms with van der Waals surface area (Å²) in [4.78, 5) is 23.1. The summed E-state index contributed by atoms with van der Waals surface area (Å²) in [6.45, 7) is 4.52. The van der Waals surface area contributed by atoms with E-state index in [1.165, 1.54) is 154 Å². The Labute approximate surface area is 275 Å². The van der Waals surface area contributed by atoms with Crippen molar-refractivity contribution >= 4 is 11.9 Å². The molecule has 0 radical (unpaired) electrons. The molecule has 1 N–H and O–H groups in total. The highest BCUT2D eigenvalue weighted by atomic mass is 16.5. The Balaban J connectivity index is 3.63. The van der Waals surface area contributed by atoms with Gasteiger partial charge in [0.2, 0.25) is 0 Å². The molecule has 0 aliphatic heterocycles. The molecule has 262 valence electrons. The van der Waals surface area contributed by atoms with E-state index < -0.39 is 5.97 Å². The second kappa shape index (κ2) is 36.4. The molecule has 4 nitrogen and oxygen atoms in total. The van der Waals surface area contributed by atoms with Gasteiger partial charge >= 0.3 is 11.9 Å². The summed E-state index contributed by atoms with van der Waals surface area (Å²) < 4.78 is 5.95. The largest absolute Gasteiger partial charge is 0.481 e. The van der Waals surface area contributed by atoms with E-state index in [-0.39, 0.29) is 12.1 Å². The first-order valence-corrected chi connectivity index (χ1v) is 20.0. The molecule has 0 fully saturated rings. The Hall–Kier alpha value is -1.06. The van der Waals surface area contributed by atoms with Crippen molar-refractivity contribution in [1.82, 2.24) is 0 Å². The predicted octanol–water partition coefficient (Wildman–Crippen LogP) is 13.7. The van der Waals surface area contributed by atoms with Gasteiger partial charge in [-0.15, -0.1) is 0 Å². The van der Waals surface area contributed by atoms with Crippen molar-refractivity contribution in [3.05, 3.63) is 0 Å². The van der Waals surface area contributed by atoms with Gasteiger partial charge in [-0.2, -0.15) is 0 Å². The van der Waals surface area contributed by atoms with Crippen LogP contribution in [-0.2, 0) is 14.3 Å². The second-order valence-electron chi connectivity index (χ2n) is 13.8. The third kappa shape index (κ3) is 35.4. The fourth-order valence-corrected chi connectivity index (χ4v) is 6.36. The standard InChI is InChI=1S/C40H78O4/c1-3-5-7-8-9-10-11-12-13-14-15-16-17-18-19-23-26-29-33-37-40(43)44-38(34-30-6-4-2)35-31-27-24-21-20-22-25-28-32-36-39(41)42/h38H,3-37H2,1-2H3,(H,41,42). The molecule has 0 aliphatic carbocycles. The number of rotatable bonds is 37. The van der Waals surface area contributed by atoms with Crippen molar-refractivity contribution in [1.29, 1.82) is 0 Å². The van der Waals surface area contributed by atoms with E-state index in [4.69, 9.17) is 9.84 Å². The first kappa shape index (κ1) is 42.9. The van der Waals surface area contributed by atoms with Gasteiger partial charge < -0.3 is 9.84 Å². The summed E-state index contributed by atoms with van der Waals surface area (Å²) in [5, 5.41) is 8.70. The molecule has 0 saturated heterocycles. The van der Waals surface area contributed by atoms with Crippen LogP contribution in [0.5, 0.6) is 0 Å². The minimum atomic E-state index is -0.676. The highest BCUT2D eigenvalue weighted by Crippen LogP contribution is 2.19. The average molecular weight is 623 g/mol. The molecule has 1 unspecified atom stereocenters. The molecule has 4 heteroatoms. The van der Waals surface area contributed by atoms with Gasteiger partial charge in [0.1, 0.15) is 6.10 Å². The Bertz CT molecular complexity index is 590. The number of carbonyl (C=O) groups excluding carboxylic acids is 1. The molecule has 1 atom stereocenters. The molecule has 0 saturated carbocycles. The van der Waals surface area contributed by atoms with Crippen LogP contribution in [0.3, 0.4) is 0 Å². The number of aliphatic carboxylic acids is 1. The maximum atomic E-state index is 12.5. The average Bonchev–Trinajstić information content (AvgIpc) is 3.00. The zero-order chi connectivity index (χ0) is 32.2. The summed E-state index contributed by atoms with van der Waals surface area (Å²) in [6, 6.07) is 0. The molecular formula is C40H78O4. The van der Waals surface area contributed by atoms with E-state index in [9.17, 15) is 9.59 Å². The van der Waals surface area contributed by atoms with E-state index in [1.807, 2.05) is 0 Å². The van der Waals surface area contributed by atoms with E-state index in [0.717, 1.165) is 57.8 Å². The molecular weight excluding hydrogens is 544 g/mol. The molecule has 0 aliphatic rings. The monoisotopic (exact) mass is 623 g/mol. The van der Waals surface area contributed by atoms with Crippen molar-refractivity contribution in [2.75, 3.05) is 0 Å². The van der Waals surface area contributed by atoms with Crippen LogP contribution in [0.1, 0.15) is 239 Å². The van der Waals surface area contributed by atoms with Crippen LogP contribution < -0.4 is 0 Å². The van der Waals surface area contributed by atoms with Gasteiger partial charge in [0.15, 0.2) is 0 Å². The summed E-state index contributed by atoms with van der Waals surface area (Å²) in [7, 11) is 0. The first-order valence-electron chi connectivity index (χ1n) is 20.0. The molecule has 0 aromatic rings. The Morgan fingerprint density at radius 1 is 0.409 bits per heavy atom. The number of ether oxygens (including phenoxy) is 1. The normalized spacial score (nSPS) is 12.0. The van der Waals surface area contributed by atoms with Crippen LogP contribution in [0.2, 0.25) is 0 Å². The van der Waals surface area contributed by atoms with Gasteiger partial charge in [0.05, 0.1) is 0 Å². The van der Waals surface area contributed by atoms with Crippen LogP contribution in [0.15, 0.2) is 0 Å². The van der Waals surface area contributed by atoms with Gasteiger partial charge in [0, 0.05) is 12.8 Å². The summed E-state index contributed by atoms with van der Waals surface area (Å²) in [5.74, 6) is -0.647. The highest BCUT2D eigenvalue weighted by Gasteiger charge is 2.14. The number of hydrogen-bond donors (Lipinski definition) is 1. The minimum Gasteiger partial charge on any atom is -0.481 e. The van der Waals surface area contributed by atoms with Crippen molar-refractivity contribution in [3.63, 3.8) is 0 Å². The van der Waals surface area contributed by atoms with Gasteiger partial charge in [-0.05, 0) is 38.5 Å². The summed E-state index contributed by atoms with van der Waals surface area (Å²) in [6.07, 6.45) is 43.1. The molecule has 0 heterocycles. The molecule has 0 rings (SSSR count). The topological polar surface area (TPSA) is 63.6 Å². The fourth-order valence-electron chi connectivity index (χ4n) is 6.36. The van der Waals surface area contributed by atoms with Crippen molar-refractivity contribution < 1.29 is 19.4 Å².